The van der Waals surface area contributed by atoms with Crippen LogP contribution in [0.1, 0.15) is 15.4 Å². The van der Waals surface area contributed by atoms with Gasteiger partial charge in [-0.1, -0.05) is 5.16 Å². The maximum atomic E-state index is 11.9. The molecule has 2 aromatic heterocycles. The third-order valence-corrected chi connectivity index (χ3v) is 4.42. The predicted molar refractivity (Wildman–Crippen MR) is 64.9 cm³/mol. The van der Waals surface area contributed by atoms with Gasteiger partial charge >= 0.3 is 0 Å². The highest BCUT2D eigenvalue weighted by Gasteiger charge is 2.19. The first-order valence-corrected chi connectivity index (χ1v) is 7.09. The van der Waals surface area contributed by atoms with Crippen LogP contribution < -0.4 is 10.5 Å². The molecular weight excluding hydrogens is 278 g/mol. The molecule has 0 unspecified atom stereocenters. The summed E-state index contributed by atoms with van der Waals surface area (Å²) in [5.41, 5.74) is 5.06. The normalized spacial score (nSPS) is 11.4. The molecule has 9 heteroatoms. The molecule has 0 atom stereocenters. The van der Waals surface area contributed by atoms with Gasteiger partial charge in [-0.3, -0.25) is 9.52 Å². The average Bonchev–Trinajstić information content (AvgIpc) is 2.86. The lowest BCUT2D eigenvalue weighted by Gasteiger charge is -2.01. The zero-order valence-electron chi connectivity index (χ0n) is 9.21. The minimum Gasteiger partial charge on any atom is -0.365 e. The third-order valence-electron chi connectivity index (χ3n) is 2.00. The van der Waals surface area contributed by atoms with Crippen LogP contribution in [0, 0.1) is 6.92 Å². The first-order valence-electron chi connectivity index (χ1n) is 4.73. The molecule has 0 aliphatic heterocycles. The number of nitrogens with two attached hydrogens (primary N) is 1. The van der Waals surface area contributed by atoms with Gasteiger partial charge < -0.3 is 10.3 Å². The number of aromatic nitrogens is 1. The molecule has 0 aliphatic carbocycles. The summed E-state index contributed by atoms with van der Waals surface area (Å²) in [5.74, 6) is -0.103. The highest BCUT2D eigenvalue weighted by atomic mass is 32.2. The minimum atomic E-state index is -3.78. The van der Waals surface area contributed by atoms with E-state index in [9.17, 15) is 13.2 Å². The van der Waals surface area contributed by atoms with Crippen molar-refractivity contribution >= 4 is 33.1 Å². The number of rotatable bonds is 4. The highest BCUT2D eigenvalue weighted by Crippen LogP contribution is 2.21. The van der Waals surface area contributed by atoms with Crippen LogP contribution in [0.5, 0.6) is 0 Å². The van der Waals surface area contributed by atoms with E-state index >= 15 is 0 Å². The average molecular weight is 287 g/mol. The molecule has 0 radical (unpaired) electrons. The maximum absolute atomic E-state index is 11.9. The van der Waals surface area contributed by atoms with E-state index < -0.39 is 15.9 Å². The van der Waals surface area contributed by atoms with Gasteiger partial charge in [0.25, 0.3) is 15.9 Å². The Balaban J connectivity index is 2.27. The summed E-state index contributed by atoms with van der Waals surface area (Å²) in [6.45, 7) is 1.64. The van der Waals surface area contributed by atoms with Crippen LogP contribution in [0.2, 0.25) is 0 Å². The maximum Gasteiger partial charge on any atom is 0.263 e. The number of carbonyl (C=O) groups is 1. The number of amides is 1. The predicted octanol–water partition coefficient (Wildman–Crippen LogP) is 0.944. The van der Waals surface area contributed by atoms with E-state index in [0.717, 1.165) is 11.3 Å². The molecule has 0 fully saturated rings. The zero-order valence-corrected chi connectivity index (χ0v) is 10.8. The van der Waals surface area contributed by atoms with Gasteiger partial charge in [0.2, 0.25) is 0 Å². The first kappa shape index (κ1) is 12.6. The van der Waals surface area contributed by atoms with Crippen molar-refractivity contribution < 1.29 is 17.7 Å². The van der Waals surface area contributed by atoms with Gasteiger partial charge in [0.05, 0.1) is 9.77 Å². The molecule has 0 saturated carbocycles. The van der Waals surface area contributed by atoms with E-state index in [1.165, 1.54) is 17.5 Å². The summed E-state index contributed by atoms with van der Waals surface area (Å²) < 4.78 is 30.8. The number of anilines is 1. The standard InChI is InChI=1S/C9H9N3O4S2/c1-5-2-8(11-16-5)12-18(14,15)6-3-7(9(10)13)17-4-6/h2-4H,1H3,(H2,10,13)(H,11,12). The van der Waals surface area contributed by atoms with Crippen molar-refractivity contribution in [1.29, 1.82) is 0 Å². The van der Waals surface area contributed by atoms with Crippen molar-refractivity contribution in [1.82, 2.24) is 5.16 Å². The number of hydrogen-bond acceptors (Lipinski definition) is 6. The topological polar surface area (TPSA) is 115 Å². The van der Waals surface area contributed by atoms with Crippen molar-refractivity contribution in [3.05, 3.63) is 28.2 Å². The summed E-state index contributed by atoms with van der Waals surface area (Å²) in [7, 11) is -3.78. The Hall–Kier alpha value is -1.87. The van der Waals surface area contributed by atoms with Crippen molar-refractivity contribution in [2.45, 2.75) is 11.8 Å². The van der Waals surface area contributed by atoms with Crippen molar-refractivity contribution in [3.63, 3.8) is 0 Å². The molecule has 18 heavy (non-hydrogen) atoms. The highest BCUT2D eigenvalue weighted by molar-refractivity contribution is 7.92. The number of thiophene rings is 1. The number of aryl methyl sites for hydroxylation is 1. The number of carbonyl (C=O) groups excluding carboxylic acids is 1. The van der Waals surface area contributed by atoms with Crippen LogP contribution in [0.25, 0.3) is 0 Å². The molecule has 0 aliphatic rings. The Morgan fingerprint density at radius 2 is 2.22 bits per heavy atom. The lowest BCUT2D eigenvalue weighted by atomic mass is 10.5. The van der Waals surface area contributed by atoms with Gasteiger partial charge in [0.1, 0.15) is 5.76 Å². The van der Waals surface area contributed by atoms with Crippen molar-refractivity contribution in [3.8, 4) is 0 Å². The fourth-order valence-corrected chi connectivity index (χ4v) is 3.31. The lowest BCUT2D eigenvalue weighted by Crippen LogP contribution is -2.13. The summed E-state index contributed by atoms with van der Waals surface area (Å²) in [4.78, 5) is 11.0. The van der Waals surface area contributed by atoms with Crippen molar-refractivity contribution in [2.75, 3.05) is 4.72 Å². The molecule has 2 heterocycles. The third kappa shape index (κ3) is 2.51. The number of nitrogens with one attached hydrogen (secondary N) is 1. The molecule has 0 bridgehead atoms. The molecule has 2 rings (SSSR count). The molecule has 3 N–H and O–H groups in total. The van der Waals surface area contributed by atoms with Crippen LogP contribution in [-0.4, -0.2) is 19.5 Å². The van der Waals surface area contributed by atoms with Crippen LogP contribution in [0.15, 0.2) is 26.9 Å². The van der Waals surface area contributed by atoms with E-state index in [2.05, 4.69) is 9.88 Å². The summed E-state index contributed by atoms with van der Waals surface area (Å²) in [6, 6.07) is 2.65. The molecule has 96 valence electrons. The quantitative estimate of drug-likeness (QED) is 0.868. The van der Waals surface area contributed by atoms with Gasteiger partial charge in [-0.25, -0.2) is 8.42 Å². The van der Waals surface area contributed by atoms with Crippen LogP contribution in [0.4, 0.5) is 5.82 Å². The molecule has 0 aromatic carbocycles. The monoisotopic (exact) mass is 287 g/mol. The molecule has 0 spiro atoms. The Morgan fingerprint density at radius 3 is 2.72 bits per heavy atom. The van der Waals surface area contributed by atoms with Crippen LogP contribution >= 0.6 is 11.3 Å². The van der Waals surface area contributed by atoms with Gasteiger partial charge in [-0.15, -0.1) is 11.3 Å². The summed E-state index contributed by atoms with van der Waals surface area (Å²) >= 11 is 0.963. The Kier molecular flexibility index (Phi) is 3.09. The fourth-order valence-electron chi connectivity index (χ4n) is 1.20. The van der Waals surface area contributed by atoms with Gasteiger partial charge in [-0.05, 0) is 13.0 Å². The Morgan fingerprint density at radius 1 is 1.50 bits per heavy atom. The first-order chi connectivity index (χ1) is 8.38. The molecule has 7 nitrogen and oxygen atoms in total. The molecular formula is C9H9N3O4S2. The van der Waals surface area contributed by atoms with Gasteiger partial charge in [0, 0.05) is 11.4 Å². The number of nitrogens with zero attached hydrogens (tertiary/aromatic N) is 1. The van der Waals surface area contributed by atoms with E-state index in [0.29, 0.717) is 5.76 Å². The Labute approximate surface area is 107 Å². The van der Waals surface area contributed by atoms with E-state index in [1.54, 1.807) is 6.92 Å². The van der Waals surface area contributed by atoms with Crippen LogP contribution in [-0.2, 0) is 10.0 Å². The second-order valence-corrected chi connectivity index (χ2v) is 6.03. The van der Waals surface area contributed by atoms with E-state index in [-0.39, 0.29) is 15.6 Å². The SMILES string of the molecule is Cc1cc(NS(=O)(=O)c2csc(C(N)=O)c2)no1. The minimum absolute atomic E-state index is 0.0399. The van der Waals surface area contributed by atoms with E-state index in [1.807, 2.05) is 0 Å². The smallest absolute Gasteiger partial charge is 0.263 e. The number of sulfonamides is 1. The zero-order chi connectivity index (χ0) is 13.3. The molecule has 0 saturated heterocycles. The molecule has 1 amide bonds. The largest absolute Gasteiger partial charge is 0.365 e. The number of primary amides is 1. The number of hydrogen-bond donors (Lipinski definition) is 2. The summed E-state index contributed by atoms with van der Waals surface area (Å²) in [5, 5.41) is 4.84. The van der Waals surface area contributed by atoms with Gasteiger partial charge in [-0.2, -0.15) is 0 Å². The Bertz CT molecular complexity index is 686. The molecule has 2 aromatic rings. The van der Waals surface area contributed by atoms with E-state index in [4.69, 9.17) is 10.3 Å². The summed E-state index contributed by atoms with van der Waals surface area (Å²) in [6.07, 6.45) is 0. The lowest BCUT2D eigenvalue weighted by molar-refractivity contribution is 0.100. The van der Waals surface area contributed by atoms with Gasteiger partial charge in [0.15, 0.2) is 5.82 Å². The second-order valence-electron chi connectivity index (χ2n) is 3.44. The van der Waals surface area contributed by atoms with Crippen molar-refractivity contribution in [2.24, 2.45) is 5.73 Å². The van der Waals surface area contributed by atoms with Crippen LogP contribution in [0.3, 0.4) is 0 Å². The second kappa shape index (κ2) is 4.42. The fraction of sp³-hybridized carbons (Fsp3) is 0.111.